The Kier molecular flexibility index (Phi) is 8.84. The van der Waals surface area contributed by atoms with Gasteiger partial charge < -0.3 is 19.7 Å². The van der Waals surface area contributed by atoms with Crippen LogP contribution in [0.5, 0.6) is 11.5 Å². The number of aryl methyl sites for hydroxylation is 1. The number of hydrogen-bond donors (Lipinski definition) is 1. The Bertz CT molecular complexity index is 1200. The molecule has 0 spiro atoms. The molecular weight excluding hydrogens is 482 g/mol. The predicted octanol–water partition coefficient (Wildman–Crippen LogP) is 3.21. The largest absolute Gasteiger partial charge is 0.454 e. The Morgan fingerprint density at radius 1 is 1.06 bits per heavy atom. The molecule has 196 valence electrons. The minimum absolute atomic E-state index is 0.0472. The van der Waals surface area contributed by atoms with Crippen LogP contribution in [0.4, 0.5) is 5.69 Å². The number of sulfonamides is 1. The van der Waals surface area contributed by atoms with Gasteiger partial charge in [0.05, 0.1) is 11.4 Å². The maximum atomic E-state index is 13.8. The fourth-order valence-electron chi connectivity index (χ4n) is 4.03. The highest BCUT2D eigenvalue weighted by Gasteiger charge is 2.33. The fourth-order valence-corrected chi connectivity index (χ4v) is 5.08. The zero-order valence-electron chi connectivity index (χ0n) is 21.5. The van der Waals surface area contributed by atoms with Crippen LogP contribution < -0.4 is 19.1 Å². The van der Waals surface area contributed by atoms with E-state index in [0.29, 0.717) is 23.6 Å². The van der Waals surface area contributed by atoms with E-state index < -0.39 is 28.5 Å². The van der Waals surface area contributed by atoms with E-state index in [1.165, 1.54) is 11.8 Å². The maximum absolute atomic E-state index is 13.8. The van der Waals surface area contributed by atoms with Gasteiger partial charge in [0.15, 0.2) is 11.5 Å². The second kappa shape index (κ2) is 11.6. The van der Waals surface area contributed by atoms with Crippen molar-refractivity contribution in [1.82, 2.24) is 10.2 Å². The highest BCUT2D eigenvalue weighted by Crippen LogP contribution is 2.36. The van der Waals surface area contributed by atoms with E-state index in [1.807, 2.05) is 52.0 Å². The Balaban J connectivity index is 1.99. The molecule has 0 saturated heterocycles. The fraction of sp³-hybridized carbons (Fsp3) is 0.462. The second-order valence-electron chi connectivity index (χ2n) is 8.98. The first kappa shape index (κ1) is 27.3. The van der Waals surface area contributed by atoms with Crippen LogP contribution in [0.15, 0.2) is 42.5 Å². The van der Waals surface area contributed by atoms with Gasteiger partial charge in [-0.2, -0.15) is 0 Å². The maximum Gasteiger partial charge on any atom is 0.244 e. The molecule has 2 aromatic carbocycles. The van der Waals surface area contributed by atoms with E-state index in [-0.39, 0.29) is 31.0 Å². The molecule has 0 unspecified atom stereocenters. The van der Waals surface area contributed by atoms with E-state index in [0.717, 1.165) is 15.4 Å². The molecule has 0 saturated carbocycles. The Morgan fingerprint density at radius 2 is 1.75 bits per heavy atom. The zero-order valence-corrected chi connectivity index (χ0v) is 22.3. The molecule has 0 bridgehead atoms. The van der Waals surface area contributed by atoms with Gasteiger partial charge in [-0.15, -0.1) is 0 Å². The van der Waals surface area contributed by atoms with Crippen molar-refractivity contribution in [3.8, 4) is 11.5 Å². The molecule has 10 heteroatoms. The third kappa shape index (κ3) is 6.29. The molecule has 2 amide bonds. The van der Waals surface area contributed by atoms with Crippen molar-refractivity contribution in [1.29, 1.82) is 0 Å². The van der Waals surface area contributed by atoms with Crippen molar-refractivity contribution in [2.45, 2.75) is 59.7 Å². The lowest BCUT2D eigenvalue weighted by molar-refractivity contribution is -0.140. The number of carbonyl (C=O) groups excluding carboxylic acids is 2. The summed E-state index contributed by atoms with van der Waals surface area (Å²) in [6, 6.07) is 11.5. The first-order valence-electron chi connectivity index (χ1n) is 12.1. The van der Waals surface area contributed by atoms with Crippen LogP contribution in [0.2, 0.25) is 0 Å². The molecule has 2 aromatic rings. The Hall–Kier alpha value is -3.27. The van der Waals surface area contributed by atoms with Crippen LogP contribution in [0.1, 0.15) is 45.2 Å². The monoisotopic (exact) mass is 517 g/mol. The van der Waals surface area contributed by atoms with Crippen LogP contribution >= 0.6 is 0 Å². The highest BCUT2D eigenvalue weighted by molar-refractivity contribution is 7.92. The number of benzene rings is 2. The molecule has 1 atom stereocenters. The van der Waals surface area contributed by atoms with Crippen molar-refractivity contribution >= 4 is 27.5 Å². The van der Waals surface area contributed by atoms with Gasteiger partial charge in [0.2, 0.25) is 28.6 Å². The van der Waals surface area contributed by atoms with Crippen molar-refractivity contribution in [3.63, 3.8) is 0 Å². The summed E-state index contributed by atoms with van der Waals surface area (Å²) in [5.74, 6) is -0.0224. The van der Waals surface area contributed by atoms with E-state index in [9.17, 15) is 18.0 Å². The molecule has 1 aliphatic heterocycles. The van der Waals surface area contributed by atoms with E-state index in [2.05, 4.69) is 5.32 Å². The normalized spacial score (nSPS) is 13.4. The number of rotatable bonds is 11. The van der Waals surface area contributed by atoms with Crippen LogP contribution in [0, 0.1) is 6.92 Å². The zero-order chi connectivity index (χ0) is 26.5. The number of hydrogen-bond acceptors (Lipinski definition) is 6. The van der Waals surface area contributed by atoms with Crippen molar-refractivity contribution in [3.05, 3.63) is 53.6 Å². The summed E-state index contributed by atoms with van der Waals surface area (Å²) >= 11 is 0. The summed E-state index contributed by atoms with van der Waals surface area (Å²) in [6.45, 7) is 8.78. The average Bonchev–Trinajstić information content (AvgIpc) is 3.30. The summed E-state index contributed by atoms with van der Waals surface area (Å²) in [4.78, 5) is 28.4. The molecule has 0 radical (unpaired) electrons. The van der Waals surface area contributed by atoms with Gasteiger partial charge in [0, 0.05) is 18.7 Å². The molecule has 0 fully saturated rings. The average molecular weight is 518 g/mol. The number of nitrogens with zero attached hydrogens (tertiary/aromatic N) is 2. The lowest BCUT2D eigenvalue weighted by Crippen LogP contribution is -2.53. The SMILES string of the molecule is CC[C@@H](C(=O)NC(C)C)N(Cc1ccccc1C)C(=O)CN(c1ccc2c(c1)OCO2)S(=O)(=O)CC. The van der Waals surface area contributed by atoms with Gasteiger partial charge in [0.25, 0.3) is 0 Å². The second-order valence-corrected chi connectivity index (χ2v) is 11.2. The van der Waals surface area contributed by atoms with Gasteiger partial charge in [-0.25, -0.2) is 8.42 Å². The van der Waals surface area contributed by atoms with Gasteiger partial charge in [0.1, 0.15) is 12.6 Å². The quantitative estimate of drug-likeness (QED) is 0.491. The Morgan fingerprint density at radius 3 is 2.39 bits per heavy atom. The van der Waals surface area contributed by atoms with Crippen LogP contribution in [0.25, 0.3) is 0 Å². The van der Waals surface area contributed by atoms with E-state index >= 15 is 0 Å². The van der Waals surface area contributed by atoms with Crippen molar-refractivity contribution in [2.75, 3.05) is 23.4 Å². The number of carbonyl (C=O) groups is 2. The number of fused-ring (bicyclic) bond motifs is 1. The summed E-state index contributed by atoms with van der Waals surface area (Å²) in [7, 11) is -3.82. The topological polar surface area (TPSA) is 105 Å². The van der Waals surface area contributed by atoms with Crippen LogP contribution in [-0.2, 0) is 26.2 Å². The minimum atomic E-state index is -3.82. The molecule has 1 heterocycles. The summed E-state index contributed by atoms with van der Waals surface area (Å²) in [5, 5.41) is 2.89. The van der Waals surface area contributed by atoms with Gasteiger partial charge in [-0.05, 0) is 57.4 Å². The molecule has 9 nitrogen and oxygen atoms in total. The van der Waals surface area contributed by atoms with Crippen LogP contribution in [0.3, 0.4) is 0 Å². The molecule has 3 rings (SSSR count). The molecule has 1 aliphatic rings. The first-order valence-corrected chi connectivity index (χ1v) is 13.7. The smallest absolute Gasteiger partial charge is 0.244 e. The first-order chi connectivity index (χ1) is 17.1. The summed E-state index contributed by atoms with van der Waals surface area (Å²) < 4.78 is 38.0. The number of nitrogens with one attached hydrogen (secondary N) is 1. The summed E-state index contributed by atoms with van der Waals surface area (Å²) in [5.41, 5.74) is 2.16. The standard InChI is InChI=1S/C26H35N3O6S/c1-6-22(26(31)27-18(3)4)28(15-20-11-9-8-10-19(20)5)25(30)16-29(36(32,33)7-2)21-12-13-23-24(14-21)35-17-34-23/h8-14,18,22H,6-7,15-17H2,1-5H3,(H,27,31)/t22-/m0/s1. The number of ether oxygens (including phenoxy) is 2. The van der Waals surface area contributed by atoms with Crippen LogP contribution in [-0.4, -0.2) is 56.3 Å². The van der Waals surface area contributed by atoms with E-state index in [1.54, 1.807) is 18.2 Å². The lowest BCUT2D eigenvalue weighted by Gasteiger charge is -2.33. The van der Waals surface area contributed by atoms with Gasteiger partial charge in [-0.3, -0.25) is 13.9 Å². The third-order valence-electron chi connectivity index (χ3n) is 6.04. The highest BCUT2D eigenvalue weighted by atomic mass is 32.2. The molecule has 1 N–H and O–H groups in total. The third-order valence-corrected chi connectivity index (χ3v) is 7.78. The van der Waals surface area contributed by atoms with Crippen molar-refractivity contribution < 1.29 is 27.5 Å². The molecule has 36 heavy (non-hydrogen) atoms. The summed E-state index contributed by atoms with van der Waals surface area (Å²) in [6.07, 6.45) is 0.376. The predicted molar refractivity (Wildman–Crippen MR) is 138 cm³/mol. The van der Waals surface area contributed by atoms with Gasteiger partial charge in [-0.1, -0.05) is 31.2 Å². The number of amides is 2. The molecular formula is C26H35N3O6S. The van der Waals surface area contributed by atoms with Gasteiger partial charge >= 0.3 is 0 Å². The Labute approximate surface area is 213 Å². The lowest BCUT2D eigenvalue weighted by atomic mass is 10.1. The molecule has 0 aromatic heterocycles. The van der Waals surface area contributed by atoms with E-state index in [4.69, 9.17) is 9.47 Å². The number of anilines is 1. The minimum Gasteiger partial charge on any atom is -0.454 e. The molecule has 0 aliphatic carbocycles. The van der Waals surface area contributed by atoms with Crippen molar-refractivity contribution in [2.24, 2.45) is 0 Å².